The number of halogens is 2. The summed E-state index contributed by atoms with van der Waals surface area (Å²) < 4.78 is 21.5. The van der Waals surface area contributed by atoms with Crippen molar-refractivity contribution in [3.8, 4) is 68.0 Å². The van der Waals surface area contributed by atoms with E-state index in [1.54, 1.807) is 52.0 Å². The smallest absolute Gasteiger partial charge is 0.166 e. The summed E-state index contributed by atoms with van der Waals surface area (Å²) >= 11 is 3.37. The van der Waals surface area contributed by atoms with Gasteiger partial charge in [0.2, 0.25) is 0 Å². The van der Waals surface area contributed by atoms with Gasteiger partial charge in [-0.25, -0.2) is 9.97 Å². The molecular weight excluding hydrogens is 776 g/mol. The molecule has 12 heteroatoms. The van der Waals surface area contributed by atoms with E-state index in [1.165, 1.54) is 0 Å². The maximum absolute atomic E-state index is 5.37. The normalized spacial score (nSPS) is 10.5. The molecule has 0 spiro atoms. The van der Waals surface area contributed by atoms with E-state index in [9.17, 15) is 0 Å². The van der Waals surface area contributed by atoms with Crippen LogP contribution in [0.2, 0.25) is 0 Å². The maximum atomic E-state index is 5.37. The van der Waals surface area contributed by atoms with Gasteiger partial charge in [0.25, 0.3) is 0 Å². The van der Waals surface area contributed by atoms with Gasteiger partial charge in [0.05, 0.1) is 51.2 Å². The number of nitrogens with one attached hydrogen (secondary N) is 2. The minimum Gasteiger partial charge on any atom is -0.497 e. The van der Waals surface area contributed by atoms with Gasteiger partial charge in [-0.1, -0.05) is 23.5 Å². The number of benzene rings is 4. The summed E-state index contributed by atoms with van der Waals surface area (Å²) in [5, 5.41) is 1.71. The fourth-order valence-electron chi connectivity index (χ4n) is 4.97. The molecule has 8 nitrogen and oxygen atoms in total. The molecule has 6 aromatic rings. The Morgan fingerprint density at radius 3 is 0.979 bits per heavy atom. The van der Waals surface area contributed by atoms with E-state index in [2.05, 4.69) is 9.97 Å². The Kier molecular flexibility index (Phi) is 13.5. The predicted molar refractivity (Wildman–Crippen MR) is 207 cm³/mol. The molecule has 2 heterocycles. The minimum absolute atomic E-state index is 0. The topological polar surface area (TPSA) is 94.3 Å². The predicted octanol–water partition coefficient (Wildman–Crippen LogP) is 9.88. The quantitative estimate of drug-likeness (QED) is 0.0880. The zero-order chi connectivity index (χ0) is 31.9. The van der Waals surface area contributed by atoms with E-state index in [-0.39, 0.29) is 34.0 Å². The molecule has 0 atom stereocenters. The Morgan fingerprint density at radius 1 is 0.438 bits per heavy atom. The van der Waals surface area contributed by atoms with Crippen LogP contribution >= 0.6 is 57.5 Å². The van der Waals surface area contributed by atoms with Gasteiger partial charge in [0.1, 0.15) is 23.0 Å². The van der Waals surface area contributed by atoms with Gasteiger partial charge < -0.3 is 28.9 Å². The van der Waals surface area contributed by atoms with Crippen LogP contribution in [0.3, 0.4) is 0 Å². The molecule has 0 saturated heterocycles. The van der Waals surface area contributed by atoms with Crippen molar-refractivity contribution in [3.05, 3.63) is 97.1 Å². The summed E-state index contributed by atoms with van der Waals surface area (Å²) in [4.78, 5) is 17.1. The number of ether oxygens (including phenoxy) is 4. The molecule has 0 radical (unpaired) electrons. The second kappa shape index (κ2) is 17.5. The molecule has 250 valence electrons. The zero-order valence-electron chi connectivity index (χ0n) is 26.8. The molecule has 0 aliphatic heterocycles. The van der Waals surface area contributed by atoms with Gasteiger partial charge >= 0.3 is 0 Å². The molecule has 4 aromatic carbocycles. The highest BCUT2D eigenvalue weighted by molar-refractivity contribution is 8.93. The number of H-pyrrole nitrogens is 2. The average molecular weight is 813 g/mol. The molecule has 6 rings (SSSR count). The Balaban J connectivity index is 0.00000260. The van der Waals surface area contributed by atoms with Crippen LogP contribution in [-0.4, -0.2) is 59.9 Å². The number of nitrogens with zero attached hydrogens (tertiary/aromatic N) is 2. The van der Waals surface area contributed by atoms with E-state index in [0.29, 0.717) is 0 Å². The van der Waals surface area contributed by atoms with Crippen molar-refractivity contribution in [3.63, 3.8) is 0 Å². The third-order valence-electron chi connectivity index (χ3n) is 7.41. The summed E-state index contributed by atoms with van der Waals surface area (Å²) in [6.45, 7) is 0. The second-order valence-corrected chi connectivity index (χ2v) is 12.3. The second-order valence-electron chi connectivity index (χ2n) is 10.1. The van der Waals surface area contributed by atoms with Crippen molar-refractivity contribution in [2.75, 3.05) is 39.9 Å². The number of rotatable bonds is 13. The third kappa shape index (κ3) is 8.59. The first-order valence-electron chi connectivity index (χ1n) is 14.6. The highest BCUT2D eigenvalue weighted by Crippen LogP contribution is 2.36. The molecule has 2 N–H and O–H groups in total. The molecule has 0 fully saturated rings. The Labute approximate surface area is 309 Å². The standard InChI is InChI=1S/C36H34N4O4S2.2BrH/c1-41-27-13-5-23(6-14-27)31-32(24-7-15-28(42-2)16-8-24)38-35(37-31)45-21-22-46-36-39-33(25-9-17-29(43-3)18-10-25)34(40-36)26-11-19-30(44-4)20-12-26;;/h5-20H,21-22H2,1-4H3,(H,37,38)(H,39,40);2*1H. The molecule has 0 aliphatic rings. The van der Waals surface area contributed by atoms with E-state index in [1.807, 2.05) is 97.1 Å². The third-order valence-corrected chi connectivity index (χ3v) is 9.42. The van der Waals surface area contributed by atoms with Crippen molar-refractivity contribution in [1.29, 1.82) is 0 Å². The van der Waals surface area contributed by atoms with E-state index in [0.717, 1.165) is 89.8 Å². The molecule has 0 amide bonds. The van der Waals surface area contributed by atoms with E-state index < -0.39 is 0 Å². The van der Waals surface area contributed by atoms with E-state index >= 15 is 0 Å². The maximum Gasteiger partial charge on any atom is 0.166 e. The van der Waals surface area contributed by atoms with Crippen molar-refractivity contribution < 1.29 is 18.9 Å². The van der Waals surface area contributed by atoms with Crippen LogP contribution in [0, 0.1) is 0 Å². The number of thioether (sulfide) groups is 2. The van der Waals surface area contributed by atoms with E-state index in [4.69, 9.17) is 28.9 Å². The van der Waals surface area contributed by atoms with Gasteiger partial charge in [-0.15, -0.1) is 34.0 Å². The fourth-order valence-corrected chi connectivity index (χ4v) is 6.68. The molecule has 0 unspecified atom stereocenters. The summed E-state index contributed by atoms with van der Waals surface area (Å²) in [5.74, 6) is 4.89. The lowest BCUT2D eigenvalue weighted by atomic mass is 10.0. The van der Waals surface area contributed by atoms with Crippen LogP contribution in [0.25, 0.3) is 45.0 Å². The SMILES string of the molecule is Br.Br.COc1ccc(-c2nc(SCCSc3nc(-c4ccc(OC)cc4)c(-c4ccc(OC)cc4)[nH]3)[nH]c2-c2ccc(OC)cc2)cc1. The van der Waals surface area contributed by atoms with Gasteiger partial charge in [-0.3, -0.25) is 0 Å². The van der Waals surface area contributed by atoms with Gasteiger partial charge in [0.15, 0.2) is 10.3 Å². The van der Waals surface area contributed by atoms with Crippen molar-refractivity contribution in [2.45, 2.75) is 10.3 Å². The van der Waals surface area contributed by atoms with Gasteiger partial charge in [-0.05, 0) is 97.1 Å². The van der Waals surface area contributed by atoms with Crippen LogP contribution in [-0.2, 0) is 0 Å². The molecule has 0 saturated carbocycles. The fraction of sp³-hybridized carbons (Fsp3) is 0.167. The number of imidazole rings is 2. The molecule has 2 aromatic heterocycles. The monoisotopic (exact) mass is 810 g/mol. The first kappa shape index (κ1) is 37.0. The lowest BCUT2D eigenvalue weighted by molar-refractivity contribution is 0.414. The van der Waals surface area contributed by atoms with Crippen LogP contribution < -0.4 is 18.9 Å². The highest BCUT2D eigenvalue weighted by atomic mass is 79.9. The number of hydrogen-bond donors (Lipinski definition) is 2. The summed E-state index contributed by atoms with van der Waals surface area (Å²) in [6.07, 6.45) is 0. The highest BCUT2D eigenvalue weighted by Gasteiger charge is 2.17. The van der Waals surface area contributed by atoms with Crippen LogP contribution in [0.4, 0.5) is 0 Å². The lowest BCUT2D eigenvalue weighted by Gasteiger charge is -2.06. The molecule has 0 bridgehead atoms. The first-order chi connectivity index (χ1) is 22.6. The summed E-state index contributed by atoms with van der Waals surface area (Å²) in [5.41, 5.74) is 7.80. The Hall–Kier alpha value is -3.84. The molecule has 48 heavy (non-hydrogen) atoms. The molecule has 0 aliphatic carbocycles. The largest absolute Gasteiger partial charge is 0.497 e. The number of aromatic amines is 2. The first-order valence-corrected chi connectivity index (χ1v) is 16.6. The number of hydrogen-bond acceptors (Lipinski definition) is 8. The number of aromatic nitrogens is 4. The summed E-state index contributed by atoms with van der Waals surface area (Å²) in [6, 6.07) is 32.0. The van der Waals surface area contributed by atoms with Gasteiger partial charge in [0, 0.05) is 33.8 Å². The van der Waals surface area contributed by atoms with Crippen LogP contribution in [0.5, 0.6) is 23.0 Å². The van der Waals surface area contributed by atoms with Crippen LogP contribution in [0.1, 0.15) is 0 Å². The van der Waals surface area contributed by atoms with Crippen LogP contribution in [0.15, 0.2) is 107 Å². The molecular formula is C36H36Br2N4O4S2. The number of methoxy groups -OCH3 is 4. The van der Waals surface area contributed by atoms with Crippen molar-refractivity contribution >= 4 is 57.5 Å². The van der Waals surface area contributed by atoms with Crippen molar-refractivity contribution in [1.82, 2.24) is 19.9 Å². The van der Waals surface area contributed by atoms with Gasteiger partial charge in [-0.2, -0.15) is 0 Å². The minimum atomic E-state index is 0. The Bertz CT molecular complexity index is 1610. The lowest BCUT2D eigenvalue weighted by Crippen LogP contribution is -1.87. The average Bonchev–Trinajstić information content (AvgIpc) is 3.75. The Morgan fingerprint density at radius 2 is 0.708 bits per heavy atom. The zero-order valence-corrected chi connectivity index (χ0v) is 31.9. The summed E-state index contributed by atoms with van der Waals surface area (Å²) in [7, 11) is 6.68. The van der Waals surface area contributed by atoms with Crippen molar-refractivity contribution in [2.24, 2.45) is 0 Å².